The summed E-state index contributed by atoms with van der Waals surface area (Å²) < 4.78 is 5.38. The van der Waals surface area contributed by atoms with E-state index in [-0.39, 0.29) is 12.0 Å². The van der Waals surface area contributed by atoms with E-state index >= 15 is 0 Å². The molecule has 0 spiro atoms. The number of ether oxygens (including phenoxy) is 1. The van der Waals surface area contributed by atoms with Gasteiger partial charge in [-0.2, -0.15) is 5.10 Å². The Hall–Kier alpha value is -2.05. The summed E-state index contributed by atoms with van der Waals surface area (Å²) in [7, 11) is 0. The second kappa shape index (κ2) is 6.60. The van der Waals surface area contributed by atoms with Gasteiger partial charge < -0.3 is 15.0 Å². The van der Waals surface area contributed by atoms with Crippen LogP contribution in [0.4, 0.5) is 4.79 Å². The minimum atomic E-state index is -0.521. The molecule has 0 bridgehead atoms. The number of carbonyl (C=O) groups excluding carboxylic acids is 2. The molecule has 0 unspecified atom stereocenters. The molecule has 0 aliphatic carbocycles. The highest BCUT2D eigenvalue weighted by Crippen LogP contribution is 2.22. The first kappa shape index (κ1) is 17.3. The molecule has 7 nitrogen and oxygen atoms in total. The van der Waals surface area contributed by atoms with Crippen LogP contribution in [0.5, 0.6) is 0 Å². The fourth-order valence-corrected chi connectivity index (χ4v) is 2.37. The molecule has 0 aromatic carbocycles. The van der Waals surface area contributed by atoms with Crippen molar-refractivity contribution in [2.24, 2.45) is 5.92 Å². The maximum atomic E-state index is 12.2. The molecule has 1 aliphatic heterocycles. The van der Waals surface area contributed by atoms with Crippen molar-refractivity contribution < 1.29 is 14.3 Å². The molecule has 0 fully saturated rings. The van der Waals surface area contributed by atoms with E-state index in [4.69, 9.17) is 4.74 Å². The van der Waals surface area contributed by atoms with Crippen LogP contribution in [0.3, 0.4) is 0 Å². The van der Waals surface area contributed by atoms with Crippen LogP contribution in [-0.4, -0.2) is 45.8 Å². The second-order valence-electron chi connectivity index (χ2n) is 7.29. The molecule has 7 heteroatoms. The van der Waals surface area contributed by atoms with E-state index in [2.05, 4.69) is 15.5 Å². The summed E-state index contributed by atoms with van der Waals surface area (Å²) in [6, 6.07) is 0. The Labute approximate surface area is 136 Å². The zero-order chi connectivity index (χ0) is 17.2. The molecule has 0 radical (unpaired) electrons. The number of carbonyl (C=O) groups is 2. The average molecular weight is 322 g/mol. The second-order valence-corrected chi connectivity index (χ2v) is 7.29. The Balaban J connectivity index is 2.04. The standard InChI is InChI=1S/C16H26N4O3/c1-10(2)8-17-14(21)13-11-6-7-20(9-12(11)18-19-13)15(22)23-16(3,4)5/h10H,6-9H2,1-5H3,(H,17,21)(H,18,19). The number of aromatic nitrogens is 2. The van der Waals surface area contributed by atoms with E-state index < -0.39 is 5.60 Å². The van der Waals surface area contributed by atoms with E-state index in [9.17, 15) is 9.59 Å². The van der Waals surface area contributed by atoms with Gasteiger partial charge in [0.05, 0.1) is 12.2 Å². The van der Waals surface area contributed by atoms with Crippen LogP contribution in [-0.2, 0) is 17.7 Å². The molecule has 2 N–H and O–H groups in total. The summed E-state index contributed by atoms with van der Waals surface area (Å²) in [4.78, 5) is 25.9. The highest BCUT2D eigenvalue weighted by molar-refractivity contribution is 5.94. The van der Waals surface area contributed by atoms with Gasteiger partial charge in [0.2, 0.25) is 0 Å². The maximum absolute atomic E-state index is 12.2. The quantitative estimate of drug-likeness (QED) is 0.892. The predicted octanol–water partition coefficient (Wildman–Crippen LogP) is 2.09. The van der Waals surface area contributed by atoms with Crippen molar-refractivity contribution in [3.05, 3.63) is 17.0 Å². The van der Waals surface area contributed by atoms with Crippen molar-refractivity contribution in [2.45, 2.75) is 53.2 Å². The minimum Gasteiger partial charge on any atom is -0.444 e. The summed E-state index contributed by atoms with van der Waals surface area (Å²) in [6.45, 7) is 11.1. The van der Waals surface area contributed by atoms with E-state index in [0.29, 0.717) is 37.7 Å². The Morgan fingerprint density at radius 1 is 1.39 bits per heavy atom. The molecular formula is C16H26N4O3. The number of hydrogen-bond donors (Lipinski definition) is 2. The molecular weight excluding hydrogens is 296 g/mol. The van der Waals surface area contributed by atoms with E-state index in [0.717, 1.165) is 11.3 Å². The Morgan fingerprint density at radius 3 is 2.70 bits per heavy atom. The molecule has 2 heterocycles. The number of aromatic amines is 1. The topological polar surface area (TPSA) is 87.3 Å². The average Bonchev–Trinajstić information content (AvgIpc) is 2.85. The number of nitrogens with zero attached hydrogens (tertiary/aromatic N) is 2. The fraction of sp³-hybridized carbons (Fsp3) is 0.688. The summed E-state index contributed by atoms with van der Waals surface area (Å²) in [5.41, 5.74) is 1.61. The van der Waals surface area contributed by atoms with Gasteiger partial charge in [-0.15, -0.1) is 0 Å². The number of nitrogens with one attached hydrogen (secondary N) is 2. The first-order chi connectivity index (χ1) is 10.7. The first-order valence-corrected chi connectivity index (χ1v) is 7.99. The minimum absolute atomic E-state index is 0.165. The normalized spacial score (nSPS) is 14.6. The largest absolute Gasteiger partial charge is 0.444 e. The first-order valence-electron chi connectivity index (χ1n) is 7.99. The Morgan fingerprint density at radius 2 is 2.09 bits per heavy atom. The molecule has 1 aromatic heterocycles. The SMILES string of the molecule is CC(C)CNC(=O)c1n[nH]c2c1CCN(C(=O)OC(C)(C)C)C2. The third kappa shape index (κ3) is 4.46. The van der Waals surface area contributed by atoms with E-state index in [1.165, 1.54) is 0 Å². The lowest BCUT2D eigenvalue weighted by atomic mass is 10.0. The zero-order valence-electron chi connectivity index (χ0n) is 14.5. The molecule has 1 aliphatic rings. The maximum Gasteiger partial charge on any atom is 0.410 e. The lowest BCUT2D eigenvalue weighted by Gasteiger charge is -2.29. The Bertz CT molecular complexity index is 587. The number of hydrogen-bond acceptors (Lipinski definition) is 4. The summed E-state index contributed by atoms with van der Waals surface area (Å²) in [6.07, 6.45) is 0.249. The monoisotopic (exact) mass is 322 g/mol. The van der Waals surface area contributed by atoms with Gasteiger partial charge in [0.15, 0.2) is 5.69 Å². The van der Waals surface area contributed by atoms with Gasteiger partial charge in [-0.3, -0.25) is 9.89 Å². The van der Waals surface area contributed by atoms with Crippen LogP contribution in [0.2, 0.25) is 0 Å². The lowest BCUT2D eigenvalue weighted by Crippen LogP contribution is -2.40. The van der Waals surface area contributed by atoms with Crippen molar-refractivity contribution in [1.82, 2.24) is 20.4 Å². The van der Waals surface area contributed by atoms with E-state index in [1.807, 2.05) is 34.6 Å². The van der Waals surface area contributed by atoms with Gasteiger partial charge in [-0.05, 0) is 33.1 Å². The molecule has 128 valence electrons. The number of fused-ring (bicyclic) bond motifs is 1. The number of rotatable bonds is 3. The highest BCUT2D eigenvalue weighted by atomic mass is 16.6. The van der Waals surface area contributed by atoms with Crippen LogP contribution in [0.15, 0.2) is 0 Å². The number of amides is 2. The molecule has 2 amide bonds. The van der Waals surface area contributed by atoms with Crippen molar-refractivity contribution in [2.75, 3.05) is 13.1 Å². The van der Waals surface area contributed by atoms with E-state index in [1.54, 1.807) is 4.90 Å². The third-order valence-corrected chi connectivity index (χ3v) is 3.47. The molecule has 1 aromatic rings. The zero-order valence-corrected chi connectivity index (χ0v) is 14.5. The van der Waals surface area contributed by atoms with Gasteiger partial charge in [-0.25, -0.2) is 4.79 Å². The van der Waals surface area contributed by atoms with Gasteiger partial charge >= 0.3 is 6.09 Å². The fourth-order valence-electron chi connectivity index (χ4n) is 2.37. The Kier molecular flexibility index (Phi) is 4.97. The van der Waals surface area contributed by atoms with Crippen LogP contribution in [0.25, 0.3) is 0 Å². The van der Waals surface area contributed by atoms with Crippen LogP contribution in [0, 0.1) is 5.92 Å². The van der Waals surface area contributed by atoms with Crippen molar-refractivity contribution in [3.8, 4) is 0 Å². The highest BCUT2D eigenvalue weighted by Gasteiger charge is 2.29. The van der Waals surface area contributed by atoms with Crippen LogP contribution < -0.4 is 5.32 Å². The summed E-state index contributed by atoms with van der Waals surface area (Å²) in [5, 5.41) is 9.88. The molecule has 23 heavy (non-hydrogen) atoms. The molecule has 2 rings (SSSR count). The summed E-state index contributed by atoms with van der Waals surface area (Å²) >= 11 is 0. The van der Waals surface area contributed by atoms with Crippen LogP contribution >= 0.6 is 0 Å². The van der Waals surface area contributed by atoms with Gasteiger partial charge in [-0.1, -0.05) is 13.8 Å². The predicted molar refractivity (Wildman–Crippen MR) is 86.1 cm³/mol. The van der Waals surface area contributed by atoms with Crippen LogP contribution in [0.1, 0.15) is 56.4 Å². The van der Waals surface area contributed by atoms with Gasteiger partial charge in [0, 0.05) is 18.7 Å². The van der Waals surface area contributed by atoms with Crippen molar-refractivity contribution in [1.29, 1.82) is 0 Å². The molecule has 0 atom stereocenters. The summed E-state index contributed by atoms with van der Waals surface area (Å²) in [5.74, 6) is 0.221. The van der Waals surface area contributed by atoms with Crippen molar-refractivity contribution >= 4 is 12.0 Å². The molecule has 0 saturated carbocycles. The molecule has 0 saturated heterocycles. The van der Waals surface area contributed by atoms with Crippen molar-refractivity contribution in [3.63, 3.8) is 0 Å². The number of H-pyrrole nitrogens is 1. The smallest absolute Gasteiger partial charge is 0.410 e. The lowest BCUT2D eigenvalue weighted by molar-refractivity contribution is 0.0221. The van der Waals surface area contributed by atoms with Gasteiger partial charge in [0.25, 0.3) is 5.91 Å². The third-order valence-electron chi connectivity index (χ3n) is 3.47. The van der Waals surface area contributed by atoms with Gasteiger partial charge in [0.1, 0.15) is 5.60 Å².